The quantitative estimate of drug-likeness (QED) is 0.626. The van der Waals surface area contributed by atoms with Gasteiger partial charge in [-0.2, -0.15) is 0 Å². The van der Waals surface area contributed by atoms with Gasteiger partial charge in [0.15, 0.2) is 5.75 Å². The number of ether oxygens (including phenoxy) is 2. The molecule has 0 amide bonds. The molecule has 3 aliphatic rings. The van der Waals surface area contributed by atoms with Crippen LogP contribution in [0.1, 0.15) is 32.3 Å². The van der Waals surface area contributed by atoms with Gasteiger partial charge in [0.25, 0.3) is 0 Å². The number of nitrogens with zero attached hydrogens (tertiary/aromatic N) is 2. The van der Waals surface area contributed by atoms with E-state index in [1.807, 2.05) is 13.8 Å². The summed E-state index contributed by atoms with van der Waals surface area (Å²) in [4.78, 5) is 13.4. The van der Waals surface area contributed by atoms with Crippen molar-refractivity contribution < 1.29 is 19.5 Å². The number of aliphatic hydroxyl groups excluding tert-OH is 1. The highest BCUT2D eigenvalue weighted by Gasteiger charge is 2.41. The minimum absolute atomic E-state index is 0.00803. The molecule has 4 rings (SSSR count). The fraction of sp³-hybridized carbons (Fsp3) is 0.667. The van der Waals surface area contributed by atoms with Gasteiger partial charge in [-0.1, -0.05) is 0 Å². The maximum absolute atomic E-state index is 11.5. The van der Waals surface area contributed by atoms with Crippen molar-refractivity contribution in [1.82, 2.24) is 4.90 Å². The maximum Gasteiger partial charge on any atom is 0.315 e. The van der Waals surface area contributed by atoms with E-state index in [-0.39, 0.29) is 29.7 Å². The van der Waals surface area contributed by atoms with Gasteiger partial charge in [0, 0.05) is 12.1 Å². The summed E-state index contributed by atoms with van der Waals surface area (Å²) in [5.41, 5.74) is 0.699. The number of nitro groups is 1. The molecule has 0 aromatic heterocycles. The van der Waals surface area contributed by atoms with Gasteiger partial charge < -0.3 is 14.6 Å². The lowest BCUT2D eigenvalue weighted by Gasteiger charge is -2.49. The molecule has 0 saturated carbocycles. The average Bonchev–Trinajstić information content (AvgIpc) is 2.58. The maximum atomic E-state index is 11.5. The molecule has 7 heteroatoms. The first-order chi connectivity index (χ1) is 11.9. The third kappa shape index (κ3) is 3.57. The molecular weight excluding hydrogens is 324 g/mol. The van der Waals surface area contributed by atoms with E-state index in [0.717, 1.165) is 31.5 Å². The monoisotopic (exact) mass is 350 g/mol. The number of benzene rings is 1. The smallest absolute Gasteiger partial charge is 0.315 e. The Balaban J connectivity index is 1.91. The Labute approximate surface area is 147 Å². The summed E-state index contributed by atoms with van der Waals surface area (Å²) in [7, 11) is 1.48. The predicted molar refractivity (Wildman–Crippen MR) is 93.2 cm³/mol. The highest BCUT2D eigenvalue weighted by molar-refractivity contribution is 5.58. The topological polar surface area (TPSA) is 85.1 Å². The van der Waals surface area contributed by atoms with E-state index in [1.165, 1.54) is 7.11 Å². The minimum Gasteiger partial charge on any atom is -0.493 e. The fourth-order valence-corrected chi connectivity index (χ4v) is 4.02. The van der Waals surface area contributed by atoms with Crippen molar-refractivity contribution in [3.8, 4) is 11.5 Å². The van der Waals surface area contributed by atoms with Crippen LogP contribution in [-0.4, -0.2) is 53.4 Å². The van der Waals surface area contributed by atoms with Crippen molar-refractivity contribution in [2.75, 3.05) is 20.2 Å². The third-order valence-electron chi connectivity index (χ3n) is 5.23. The van der Waals surface area contributed by atoms with Gasteiger partial charge in [0.2, 0.25) is 5.75 Å². The second-order valence-electron chi connectivity index (χ2n) is 7.21. The predicted octanol–water partition coefficient (Wildman–Crippen LogP) is 2.39. The summed E-state index contributed by atoms with van der Waals surface area (Å²) < 4.78 is 11.0. The minimum atomic E-state index is -0.437. The zero-order valence-corrected chi connectivity index (χ0v) is 15.0. The molecule has 3 heterocycles. The van der Waals surface area contributed by atoms with Crippen molar-refractivity contribution >= 4 is 5.69 Å². The number of methoxy groups -OCH3 is 1. The Morgan fingerprint density at radius 1 is 1.36 bits per heavy atom. The van der Waals surface area contributed by atoms with Crippen LogP contribution in [0.2, 0.25) is 0 Å². The molecule has 1 aromatic rings. The van der Waals surface area contributed by atoms with Crippen LogP contribution in [-0.2, 0) is 6.42 Å². The van der Waals surface area contributed by atoms with E-state index in [1.54, 1.807) is 12.1 Å². The average molecular weight is 350 g/mol. The van der Waals surface area contributed by atoms with Gasteiger partial charge in [0.05, 0.1) is 24.2 Å². The van der Waals surface area contributed by atoms with Crippen LogP contribution in [0.3, 0.4) is 0 Å². The standard InChI is InChI=1S/C18H26N2O5/c1-11(2)25-18-15(20(22)23)9-12(10-16(18)24-3)8-14-17(21)13-4-6-19(14)7-5-13/h9-11,13-14,17,21H,4-8H2,1-3H3. The first-order valence-corrected chi connectivity index (χ1v) is 8.84. The number of nitro benzene ring substituents is 1. The van der Waals surface area contributed by atoms with Gasteiger partial charge >= 0.3 is 5.69 Å². The first kappa shape index (κ1) is 17.9. The lowest BCUT2D eigenvalue weighted by molar-refractivity contribution is -0.386. The third-order valence-corrected chi connectivity index (χ3v) is 5.23. The van der Waals surface area contributed by atoms with Crippen molar-refractivity contribution in [2.24, 2.45) is 5.92 Å². The van der Waals surface area contributed by atoms with Crippen molar-refractivity contribution in [2.45, 2.75) is 51.4 Å². The Bertz CT molecular complexity index is 639. The van der Waals surface area contributed by atoms with Gasteiger partial charge in [-0.25, -0.2) is 0 Å². The molecule has 1 N–H and O–H groups in total. The lowest BCUT2D eigenvalue weighted by atomic mass is 9.78. The molecule has 7 nitrogen and oxygen atoms in total. The Hall–Kier alpha value is -1.86. The molecular formula is C18H26N2O5. The van der Waals surface area contributed by atoms with Gasteiger partial charge in [-0.15, -0.1) is 0 Å². The Morgan fingerprint density at radius 2 is 2.04 bits per heavy atom. The second-order valence-corrected chi connectivity index (χ2v) is 7.21. The second kappa shape index (κ2) is 7.17. The largest absolute Gasteiger partial charge is 0.493 e. The molecule has 0 radical (unpaired) electrons. The van der Waals surface area contributed by atoms with E-state index in [4.69, 9.17) is 9.47 Å². The van der Waals surface area contributed by atoms with Crippen LogP contribution in [0.5, 0.6) is 11.5 Å². The lowest BCUT2D eigenvalue weighted by Crippen LogP contribution is -2.58. The van der Waals surface area contributed by atoms with Gasteiger partial charge in [0.1, 0.15) is 0 Å². The molecule has 0 aliphatic carbocycles. The Kier molecular flexibility index (Phi) is 5.15. The van der Waals surface area contributed by atoms with E-state index in [0.29, 0.717) is 18.1 Å². The highest BCUT2D eigenvalue weighted by Crippen LogP contribution is 2.40. The van der Waals surface area contributed by atoms with Crippen LogP contribution in [0.4, 0.5) is 5.69 Å². The number of fused-ring (bicyclic) bond motifs is 3. The summed E-state index contributed by atoms with van der Waals surface area (Å²) in [6.45, 7) is 5.61. The van der Waals surface area contributed by atoms with Crippen LogP contribution in [0.15, 0.2) is 12.1 Å². The summed E-state index contributed by atoms with van der Waals surface area (Å²) in [6, 6.07) is 3.35. The van der Waals surface area contributed by atoms with E-state index in [9.17, 15) is 15.2 Å². The van der Waals surface area contributed by atoms with Crippen molar-refractivity contribution in [1.29, 1.82) is 0 Å². The summed E-state index contributed by atoms with van der Waals surface area (Å²) in [5.74, 6) is 0.871. The molecule has 1 aromatic carbocycles. The Morgan fingerprint density at radius 3 is 2.56 bits per heavy atom. The highest BCUT2D eigenvalue weighted by atomic mass is 16.6. The molecule has 3 saturated heterocycles. The number of aliphatic hydroxyl groups is 1. The SMILES string of the molecule is COc1cc(CC2C(O)C3CCN2CC3)cc([N+](=O)[O-])c1OC(C)C. The van der Waals surface area contributed by atoms with Gasteiger partial charge in [-0.3, -0.25) is 15.0 Å². The molecule has 0 spiro atoms. The van der Waals surface area contributed by atoms with Crippen molar-refractivity contribution in [3.63, 3.8) is 0 Å². The number of hydrogen-bond acceptors (Lipinski definition) is 6. The molecule has 138 valence electrons. The van der Waals surface area contributed by atoms with Crippen LogP contribution < -0.4 is 9.47 Å². The summed E-state index contributed by atoms with van der Waals surface area (Å²) >= 11 is 0. The van der Waals surface area contributed by atoms with Crippen molar-refractivity contribution in [3.05, 3.63) is 27.8 Å². The number of hydrogen-bond donors (Lipinski definition) is 1. The summed E-state index contributed by atoms with van der Waals surface area (Å²) in [5, 5.41) is 22.1. The van der Waals surface area contributed by atoms with Crippen LogP contribution in [0, 0.1) is 16.0 Å². The van der Waals surface area contributed by atoms with E-state index < -0.39 is 4.92 Å². The molecule has 2 atom stereocenters. The number of rotatable bonds is 6. The van der Waals surface area contributed by atoms with Crippen LogP contribution >= 0.6 is 0 Å². The van der Waals surface area contributed by atoms with Gasteiger partial charge in [-0.05, 0) is 63.7 Å². The summed E-state index contributed by atoms with van der Waals surface area (Å²) in [6.07, 6.45) is 2.06. The zero-order valence-electron chi connectivity index (χ0n) is 15.0. The molecule has 3 fully saturated rings. The first-order valence-electron chi connectivity index (χ1n) is 8.84. The van der Waals surface area contributed by atoms with E-state index >= 15 is 0 Å². The molecule has 2 bridgehead atoms. The molecule has 2 unspecified atom stereocenters. The zero-order chi connectivity index (χ0) is 18.1. The number of piperidine rings is 3. The van der Waals surface area contributed by atoms with Crippen LogP contribution in [0.25, 0.3) is 0 Å². The fourth-order valence-electron chi connectivity index (χ4n) is 4.02. The molecule has 3 aliphatic heterocycles. The molecule has 25 heavy (non-hydrogen) atoms. The normalized spacial score (nSPS) is 28.2. The van der Waals surface area contributed by atoms with E-state index in [2.05, 4.69) is 4.90 Å².